The second-order valence-corrected chi connectivity index (χ2v) is 5.70. The molecular weight excluding hydrogens is 230 g/mol. The van der Waals surface area contributed by atoms with Crippen LogP contribution in [0, 0.1) is 5.41 Å². The minimum atomic E-state index is -0.364. The molecule has 0 aromatic carbocycles. The van der Waals surface area contributed by atoms with Crippen LogP contribution >= 0.6 is 0 Å². The minimum Gasteiger partial charge on any atom is -0.464 e. The Kier molecular flexibility index (Phi) is 2.41. The van der Waals surface area contributed by atoms with Gasteiger partial charge < -0.3 is 10.1 Å². The molecule has 1 atom stereocenters. The van der Waals surface area contributed by atoms with E-state index in [0.717, 1.165) is 23.5 Å². The third-order valence-corrected chi connectivity index (χ3v) is 3.91. The van der Waals surface area contributed by atoms with E-state index in [9.17, 15) is 4.79 Å². The lowest BCUT2D eigenvalue weighted by Crippen LogP contribution is -2.13. The fourth-order valence-corrected chi connectivity index (χ4v) is 2.52. The number of hydrogen-bond acceptors (Lipinski definition) is 5. The van der Waals surface area contributed by atoms with E-state index in [1.807, 2.05) is 0 Å². The van der Waals surface area contributed by atoms with Crippen molar-refractivity contribution in [3.05, 3.63) is 22.8 Å². The number of esters is 1. The van der Waals surface area contributed by atoms with E-state index < -0.39 is 0 Å². The largest absolute Gasteiger partial charge is 0.464 e. The van der Waals surface area contributed by atoms with Gasteiger partial charge >= 0.3 is 5.97 Å². The Morgan fingerprint density at radius 2 is 2.11 bits per heavy atom. The Balaban J connectivity index is 2.05. The summed E-state index contributed by atoms with van der Waals surface area (Å²) < 4.78 is 4.81. The van der Waals surface area contributed by atoms with E-state index in [-0.39, 0.29) is 11.4 Å². The first kappa shape index (κ1) is 11.6. The molecule has 3 rings (SSSR count). The predicted octanol–water partition coefficient (Wildman–Crippen LogP) is 1.38. The van der Waals surface area contributed by atoms with Gasteiger partial charge in [-0.3, -0.25) is 0 Å². The summed E-state index contributed by atoms with van der Waals surface area (Å²) in [6, 6.07) is 0. The Morgan fingerprint density at radius 1 is 1.39 bits per heavy atom. The van der Waals surface area contributed by atoms with E-state index in [2.05, 4.69) is 29.1 Å². The van der Waals surface area contributed by atoms with Crippen LogP contribution < -0.4 is 5.32 Å². The van der Waals surface area contributed by atoms with Gasteiger partial charge in [0.1, 0.15) is 5.82 Å². The number of methoxy groups -OCH3 is 1. The highest BCUT2D eigenvalue weighted by molar-refractivity contribution is 5.89. The molecule has 0 radical (unpaired) electrons. The number of ether oxygens (including phenoxy) is 1. The van der Waals surface area contributed by atoms with Crippen LogP contribution in [-0.4, -0.2) is 23.0 Å². The lowest BCUT2D eigenvalue weighted by Gasteiger charge is -2.09. The van der Waals surface area contributed by atoms with E-state index in [1.54, 1.807) is 0 Å². The van der Waals surface area contributed by atoms with Crippen LogP contribution in [0.15, 0.2) is 0 Å². The van der Waals surface area contributed by atoms with Crippen molar-refractivity contribution in [2.75, 3.05) is 7.11 Å². The smallest absolute Gasteiger partial charge is 0.357 e. The normalized spacial score (nSPS) is 23.6. The molecule has 0 spiro atoms. The van der Waals surface area contributed by atoms with E-state index in [0.29, 0.717) is 24.7 Å². The molecule has 2 aliphatic rings. The van der Waals surface area contributed by atoms with Gasteiger partial charge in [0, 0.05) is 24.6 Å². The molecule has 1 saturated carbocycles. The Labute approximate surface area is 106 Å². The van der Waals surface area contributed by atoms with Gasteiger partial charge in [0.25, 0.3) is 0 Å². The van der Waals surface area contributed by atoms with Crippen molar-refractivity contribution in [2.45, 2.75) is 39.3 Å². The van der Waals surface area contributed by atoms with Gasteiger partial charge in [-0.2, -0.15) is 0 Å². The average molecular weight is 247 g/mol. The zero-order chi connectivity index (χ0) is 12.9. The zero-order valence-corrected chi connectivity index (χ0v) is 10.9. The zero-order valence-electron chi connectivity index (χ0n) is 10.9. The standard InChI is InChI=1S/C13H17N3O2/c1-13(2)4-8(13)11-15-9-6-14-5-7(9)10(16-11)12(17)18-3/h8,14H,4-6H2,1-3H3. The van der Waals surface area contributed by atoms with E-state index >= 15 is 0 Å². The van der Waals surface area contributed by atoms with Crippen molar-refractivity contribution in [1.29, 1.82) is 0 Å². The number of aromatic nitrogens is 2. The molecule has 5 nitrogen and oxygen atoms in total. The van der Waals surface area contributed by atoms with Gasteiger partial charge in [0.05, 0.1) is 12.8 Å². The van der Waals surface area contributed by atoms with Gasteiger partial charge in [0.2, 0.25) is 0 Å². The number of nitrogens with one attached hydrogen (secondary N) is 1. The Hall–Kier alpha value is -1.49. The highest BCUT2D eigenvalue weighted by Crippen LogP contribution is 2.57. The molecule has 1 aromatic rings. The highest BCUT2D eigenvalue weighted by atomic mass is 16.5. The fraction of sp³-hybridized carbons (Fsp3) is 0.615. The van der Waals surface area contributed by atoms with Gasteiger partial charge in [-0.25, -0.2) is 14.8 Å². The summed E-state index contributed by atoms with van der Waals surface area (Å²) >= 11 is 0. The van der Waals surface area contributed by atoms with Crippen molar-refractivity contribution in [3.63, 3.8) is 0 Å². The molecule has 0 amide bonds. The molecular formula is C13H17N3O2. The summed E-state index contributed by atoms with van der Waals surface area (Å²) in [5, 5.41) is 3.20. The maximum Gasteiger partial charge on any atom is 0.357 e. The van der Waals surface area contributed by atoms with Gasteiger partial charge in [-0.05, 0) is 11.8 Å². The third kappa shape index (κ3) is 1.70. The fourth-order valence-electron chi connectivity index (χ4n) is 2.52. The Bertz CT molecular complexity index is 525. The number of carbonyl (C=O) groups is 1. The maximum absolute atomic E-state index is 11.8. The number of carbonyl (C=O) groups excluding carboxylic acids is 1. The molecule has 2 heterocycles. The summed E-state index contributed by atoms with van der Waals surface area (Å²) in [5.74, 6) is 0.798. The van der Waals surface area contributed by atoms with Crippen molar-refractivity contribution < 1.29 is 9.53 Å². The van der Waals surface area contributed by atoms with Gasteiger partial charge in [0.15, 0.2) is 5.69 Å². The van der Waals surface area contributed by atoms with Crippen LogP contribution in [0.2, 0.25) is 0 Å². The van der Waals surface area contributed by atoms with Crippen LogP contribution in [0.5, 0.6) is 0 Å². The molecule has 1 aliphatic carbocycles. The molecule has 5 heteroatoms. The molecule has 96 valence electrons. The number of fused-ring (bicyclic) bond motifs is 1. The molecule has 0 saturated heterocycles. The quantitative estimate of drug-likeness (QED) is 0.800. The van der Waals surface area contributed by atoms with Crippen molar-refractivity contribution in [2.24, 2.45) is 5.41 Å². The van der Waals surface area contributed by atoms with Crippen molar-refractivity contribution in [3.8, 4) is 0 Å². The summed E-state index contributed by atoms with van der Waals surface area (Å²) in [7, 11) is 1.39. The summed E-state index contributed by atoms with van der Waals surface area (Å²) in [5.41, 5.74) is 2.53. The maximum atomic E-state index is 11.8. The highest BCUT2D eigenvalue weighted by Gasteiger charge is 2.49. The average Bonchev–Trinajstić information content (AvgIpc) is 2.78. The minimum absolute atomic E-state index is 0.258. The number of rotatable bonds is 2. The lowest BCUT2D eigenvalue weighted by molar-refractivity contribution is 0.0592. The molecule has 1 aromatic heterocycles. The Morgan fingerprint density at radius 3 is 2.72 bits per heavy atom. The first-order valence-corrected chi connectivity index (χ1v) is 6.21. The lowest BCUT2D eigenvalue weighted by atomic mass is 10.1. The first-order chi connectivity index (χ1) is 8.53. The van der Waals surface area contributed by atoms with Gasteiger partial charge in [-0.1, -0.05) is 13.8 Å². The molecule has 1 aliphatic heterocycles. The van der Waals surface area contributed by atoms with Crippen LogP contribution in [0.3, 0.4) is 0 Å². The second-order valence-electron chi connectivity index (χ2n) is 5.70. The van der Waals surface area contributed by atoms with Crippen LogP contribution in [-0.2, 0) is 17.8 Å². The molecule has 0 bridgehead atoms. The SMILES string of the molecule is COC(=O)c1nc(C2CC2(C)C)nc2c1CNC2. The van der Waals surface area contributed by atoms with Gasteiger partial charge in [-0.15, -0.1) is 0 Å². The van der Waals surface area contributed by atoms with Crippen LogP contribution in [0.4, 0.5) is 0 Å². The summed E-state index contributed by atoms with van der Waals surface area (Å²) in [4.78, 5) is 20.8. The van der Waals surface area contributed by atoms with Crippen molar-refractivity contribution >= 4 is 5.97 Å². The van der Waals surface area contributed by atoms with E-state index in [4.69, 9.17) is 4.74 Å². The molecule has 1 unspecified atom stereocenters. The number of hydrogen-bond donors (Lipinski definition) is 1. The number of nitrogens with zero attached hydrogens (tertiary/aromatic N) is 2. The second kappa shape index (κ2) is 3.75. The predicted molar refractivity (Wildman–Crippen MR) is 65.1 cm³/mol. The topological polar surface area (TPSA) is 64.1 Å². The first-order valence-electron chi connectivity index (χ1n) is 6.21. The summed E-state index contributed by atoms with van der Waals surface area (Å²) in [6.45, 7) is 5.75. The van der Waals surface area contributed by atoms with Crippen LogP contribution in [0.1, 0.15) is 53.8 Å². The van der Waals surface area contributed by atoms with E-state index in [1.165, 1.54) is 7.11 Å². The molecule has 1 fully saturated rings. The summed E-state index contributed by atoms with van der Waals surface area (Å²) in [6.07, 6.45) is 1.08. The molecule has 1 N–H and O–H groups in total. The third-order valence-electron chi connectivity index (χ3n) is 3.91. The van der Waals surface area contributed by atoms with Crippen molar-refractivity contribution in [1.82, 2.24) is 15.3 Å². The van der Waals surface area contributed by atoms with Crippen LogP contribution in [0.25, 0.3) is 0 Å². The molecule has 18 heavy (non-hydrogen) atoms. The monoisotopic (exact) mass is 247 g/mol.